The lowest BCUT2D eigenvalue weighted by atomic mass is 10.1. The van der Waals surface area contributed by atoms with E-state index in [0.29, 0.717) is 11.8 Å². The summed E-state index contributed by atoms with van der Waals surface area (Å²) in [6, 6.07) is 15.1. The van der Waals surface area contributed by atoms with Crippen molar-refractivity contribution in [2.24, 2.45) is 0 Å². The Hall–Kier alpha value is -3.19. The smallest absolute Gasteiger partial charge is 0.312 e. The lowest BCUT2D eigenvalue weighted by molar-refractivity contribution is -0.181. The summed E-state index contributed by atoms with van der Waals surface area (Å²) in [4.78, 5) is 34.4. The normalized spacial score (nSPS) is 11.4. The summed E-state index contributed by atoms with van der Waals surface area (Å²) in [5, 5.41) is 9.19. The molecule has 0 aliphatic carbocycles. The maximum Gasteiger partial charge on any atom is 0.312 e. The van der Waals surface area contributed by atoms with E-state index in [2.05, 4.69) is 0 Å². The minimum Gasteiger partial charge on any atom is -0.508 e. The highest BCUT2D eigenvalue weighted by Gasteiger charge is 2.15. The van der Waals surface area contributed by atoms with Crippen LogP contribution in [0.5, 0.6) is 5.75 Å². The molecule has 27 heavy (non-hydrogen) atoms. The highest BCUT2D eigenvalue weighted by atomic mass is 16.7. The molecular formula is C20H20O7. The van der Waals surface area contributed by atoms with E-state index in [4.69, 9.17) is 14.2 Å². The lowest BCUT2D eigenvalue weighted by Gasteiger charge is -2.13. The van der Waals surface area contributed by atoms with Crippen molar-refractivity contribution in [1.29, 1.82) is 0 Å². The molecule has 1 atom stereocenters. The first-order chi connectivity index (χ1) is 13.1. The number of aldehydes is 1. The van der Waals surface area contributed by atoms with Gasteiger partial charge in [0, 0.05) is 0 Å². The largest absolute Gasteiger partial charge is 0.508 e. The number of hydrogen-bond donors (Lipinski definition) is 1. The molecule has 0 saturated heterocycles. The molecule has 0 bridgehead atoms. The molecule has 2 aromatic carbocycles. The minimum absolute atomic E-state index is 0.0240. The zero-order valence-electron chi connectivity index (χ0n) is 14.6. The van der Waals surface area contributed by atoms with Crippen molar-refractivity contribution in [1.82, 2.24) is 0 Å². The molecule has 0 aliphatic rings. The van der Waals surface area contributed by atoms with Crippen molar-refractivity contribution < 1.29 is 33.7 Å². The number of esters is 2. The van der Waals surface area contributed by atoms with Crippen molar-refractivity contribution in [3.8, 4) is 5.75 Å². The first-order valence-corrected chi connectivity index (χ1v) is 8.30. The van der Waals surface area contributed by atoms with E-state index in [1.807, 2.05) is 6.07 Å². The second-order valence-electron chi connectivity index (χ2n) is 5.59. The van der Waals surface area contributed by atoms with Crippen LogP contribution in [0.2, 0.25) is 0 Å². The van der Waals surface area contributed by atoms with E-state index in [1.54, 1.807) is 36.4 Å². The number of hydrogen-bond acceptors (Lipinski definition) is 7. The average Bonchev–Trinajstić information content (AvgIpc) is 2.67. The van der Waals surface area contributed by atoms with Gasteiger partial charge in [0.2, 0.25) is 0 Å². The van der Waals surface area contributed by atoms with Gasteiger partial charge in [0.15, 0.2) is 6.29 Å². The monoisotopic (exact) mass is 372 g/mol. The number of rotatable bonds is 10. The number of phenolic OH excluding ortho intramolecular Hbond substituents is 1. The van der Waals surface area contributed by atoms with Crippen LogP contribution in [0.4, 0.5) is 0 Å². The Morgan fingerprint density at radius 3 is 2.19 bits per heavy atom. The lowest BCUT2D eigenvalue weighted by Crippen LogP contribution is -2.26. The van der Waals surface area contributed by atoms with E-state index in [1.165, 1.54) is 12.1 Å². The van der Waals surface area contributed by atoms with Crippen LogP contribution < -0.4 is 0 Å². The molecule has 1 N–H and O–H groups in total. The Balaban J connectivity index is 1.65. The maximum atomic E-state index is 11.8. The maximum absolute atomic E-state index is 11.8. The van der Waals surface area contributed by atoms with Crippen molar-refractivity contribution in [2.45, 2.75) is 19.1 Å². The van der Waals surface area contributed by atoms with Gasteiger partial charge in [-0.3, -0.25) is 14.4 Å². The summed E-state index contributed by atoms with van der Waals surface area (Å²) in [6.45, 7) is -0.180. The Morgan fingerprint density at radius 1 is 0.889 bits per heavy atom. The molecule has 0 radical (unpaired) electrons. The van der Waals surface area contributed by atoms with Gasteiger partial charge in [0.05, 0.1) is 19.4 Å². The molecule has 7 nitrogen and oxygen atoms in total. The zero-order valence-corrected chi connectivity index (χ0v) is 14.6. The fraction of sp³-hybridized carbons (Fsp3) is 0.250. The number of ether oxygens (including phenoxy) is 3. The van der Waals surface area contributed by atoms with Gasteiger partial charge in [-0.2, -0.15) is 0 Å². The van der Waals surface area contributed by atoms with E-state index in [-0.39, 0.29) is 31.8 Å². The van der Waals surface area contributed by atoms with Crippen LogP contribution in [0.3, 0.4) is 0 Å². The fourth-order valence-electron chi connectivity index (χ4n) is 2.19. The molecule has 0 aliphatic heterocycles. The molecule has 0 spiro atoms. The summed E-state index contributed by atoms with van der Waals surface area (Å²) in [6.07, 6.45) is -0.919. The Kier molecular flexibility index (Phi) is 7.99. The molecule has 0 heterocycles. The molecule has 0 amide bonds. The van der Waals surface area contributed by atoms with Gasteiger partial charge < -0.3 is 19.3 Å². The number of aromatic hydroxyl groups is 1. The SMILES string of the molecule is O=CC(OCCOC(=O)Cc1ccc(O)cc1)OC(=O)Cc1ccccc1. The molecule has 0 fully saturated rings. The van der Waals surface area contributed by atoms with Crippen molar-refractivity contribution in [2.75, 3.05) is 13.2 Å². The van der Waals surface area contributed by atoms with Crippen LogP contribution in [0, 0.1) is 0 Å². The molecular weight excluding hydrogens is 352 g/mol. The van der Waals surface area contributed by atoms with Crippen molar-refractivity contribution in [3.05, 3.63) is 65.7 Å². The van der Waals surface area contributed by atoms with Gasteiger partial charge in [-0.1, -0.05) is 42.5 Å². The highest BCUT2D eigenvalue weighted by molar-refractivity contribution is 5.74. The molecule has 2 aromatic rings. The fourth-order valence-corrected chi connectivity index (χ4v) is 2.19. The predicted octanol–water partition coefficient (Wildman–Crippen LogP) is 1.81. The zero-order chi connectivity index (χ0) is 19.5. The molecule has 1 unspecified atom stereocenters. The second kappa shape index (κ2) is 10.7. The van der Waals surface area contributed by atoms with E-state index in [0.717, 1.165) is 5.56 Å². The third-order valence-corrected chi connectivity index (χ3v) is 3.46. The van der Waals surface area contributed by atoms with Crippen LogP contribution in [-0.2, 0) is 41.4 Å². The Bertz CT molecular complexity index is 741. The summed E-state index contributed by atoms with van der Waals surface area (Å²) in [5.41, 5.74) is 1.45. The standard InChI is InChI=1S/C20H20O7/c21-14-20(27-19(24)13-15-4-2-1-3-5-15)26-11-10-25-18(23)12-16-6-8-17(22)9-7-16/h1-9,14,20,22H,10-13H2. The summed E-state index contributed by atoms with van der Waals surface area (Å²) >= 11 is 0. The second-order valence-corrected chi connectivity index (χ2v) is 5.59. The summed E-state index contributed by atoms with van der Waals surface area (Å²) in [7, 11) is 0. The molecule has 7 heteroatoms. The molecule has 0 saturated carbocycles. The first-order valence-electron chi connectivity index (χ1n) is 8.30. The Labute approximate surface area is 156 Å². The van der Waals surface area contributed by atoms with Gasteiger partial charge in [0.25, 0.3) is 6.29 Å². The summed E-state index contributed by atoms with van der Waals surface area (Å²) in [5.74, 6) is -0.960. The van der Waals surface area contributed by atoms with E-state index in [9.17, 15) is 19.5 Å². The molecule has 142 valence electrons. The van der Waals surface area contributed by atoms with Crippen LogP contribution in [0.1, 0.15) is 11.1 Å². The highest BCUT2D eigenvalue weighted by Crippen LogP contribution is 2.10. The number of carbonyl (C=O) groups is 3. The quantitative estimate of drug-likeness (QED) is 0.294. The van der Waals surface area contributed by atoms with Gasteiger partial charge in [-0.05, 0) is 23.3 Å². The van der Waals surface area contributed by atoms with Crippen molar-refractivity contribution >= 4 is 18.2 Å². The van der Waals surface area contributed by atoms with Gasteiger partial charge in [-0.25, -0.2) is 0 Å². The Morgan fingerprint density at radius 2 is 1.52 bits per heavy atom. The van der Waals surface area contributed by atoms with Crippen LogP contribution in [0.25, 0.3) is 0 Å². The summed E-state index contributed by atoms with van der Waals surface area (Å²) < 4.78 is 15.0. The average molecular weight is 372 g/mol. The van der Waals surface area contributed by atoms with E-state index >= 15 is 0 Å². The first kappa shape index (κ1) is 20.1. The van der Waals surface area contributed by atoms with Gasteiger partial charge in [-0.15, -0.1) is 0 Å². The van der Waals surface area contributed by atoms with Crippen LogP contribution in [-0.4, -0.2) is 42.8 Å². The topological polar surface area (TPSA) is 99.1 Å². The number of carbonyl (C=O) groups excluding carboxylic acids is 3. The van der Waals surface area contributed by atoms with Gasteiger partial charge in [0.1, 0.15) is 12.4 Å². The van der Waals surface area contributed by atoms with Crippen molar-refractivity contribution in [3.63, 3.8) is 0 Å². The molecule has 0 aromatic heterocycles. The van der Waals surface area contributed by atoms with Gasteiger partial charge >= 0.3 is 11.9 Å². The third-order valence-electron chi connectivity index (χ3n) is 3.46. The predicted molar refractivity (Wildman–Crippen MR) is 94.8 cm³/mol. The van der Waals surface area contributed by atoms with Crippen LogP contribution in [0.15, 0.2) is 54.6 Å². The van der Waals surface area contributed by atoms with Crippen LogP contribution >= 0.6 is 0 Å². The number of benzene rings is 2. The number of phenols is 1. The molecule has 2 rings (SSSR count). The third kappa shape index (κ3) is 7.70. The minimum atomic E-state index is -1.35. The van der Waals surface area contributed by atoms with E-state index < -0.39 is 18.2 Å².